The van der Waals surface area contributed by atoms with Gasteiger partial charge in [-0.2, -0.15) is 10.4 Å². The zero-order valence-electron chi connectivity index (χ0n) is 19.5. The molecule has 0 bridgehead atoms. The number of nitrogens with zero attached hydrogens (tertiary/aromatic N) is 3. The fourth-order valence-electron chi connectivity index (χ4n) is 4.35. The predicted octanol–water partition coefficient (Wildman–Crippen LogP) is 5.99. The van der Waals surface area contributed by atoms with Crippen LogP contribution in [0.3, 0.4) is 0 Å². The summed E-state index contributed by atoms with van der Waals surface area (Å²) in [7, 11) is 0. The Kier molecular flexibility index (Phi) is 7.25. The maximum atomic E-state index is 10.8. The lowest BCUT2D eigenvalue weighted by Crippen LogP contribution is -2.44. The van der Waals surface area contributed by atoms with Gasteiger partial charge in [-0.25, -0.2) is 4.79 Å². The third-order valence-corrected chi connectivity index (χ3v) is 7.00. The average molecular weight is 513 g/mol. The number of carboxylic acid groups (broad SMARTS) is 1. The molecule has 1 aliphatic rings. The number of nitriles is 1. The highest BCUT2D eigenvalue weighted by Crippen LogP contribution is 2.39. The Morgan fingerprint density at radius 3 is 2.60 bits per heavy atom. The summed E-state index contributed by atoms with van der Waals surface area (Å²) in [5.74, 6) is 0.668. The zero-order valence-corrected chi connectivity index (χ0v) is 21.0. The second-order valence-corrected chi connectivity index (χ2v) is 9.95. The Morgan fingerprint density at radius 2 is 1.97 bits per heavy atom. The lowest BCUT2D eigenvalue weighted by atomic mass is 9.77. The SMILES string of the molecule is CC(C)(c1ccc(-c2cnn(C3CC(NC(=O)O)C3)c2)cc1)c1cc(Cl)c(OCCCl)c(C#N)c1. The van der Waals surface area contributed by atoms with Crippen LogP contribution >= 0.6 is 23.2 Å². The maximum absolute atomic E-state index is 10.8. The summed E-state index contributed by atoms with van der Waals surface area (Å²) < 4.78 is 7.49. The molecule has 2 N–H and O–H groups in total. The molecule has 9 heteroatoms. The van der Waals surface area contributed by atoms with Crippen LogP contribution in [-0.4, -0.2) is 39.5 Å². The normalized spacial score (nSPS) is 17.3. The third kappa shape index (κ3) is 5.24. The molecule has 0 aliphatic heterocycles. The second kappa shape index (κ2) is 10.2. The lowest BCUT2D eigenvalue weighted by Gasteiger charge is -2.34. The Morgan fingerprint density at radius 1 is 1.26 bits per heavy atom. The smallest absolute Gasteiger partial charge is 0.404 e. The van der Waals surface area contributed by atoms with Crippen LogP contribution in [0.2, 0.25) is 5.02 Å². The molecule has 0 unspecified atom stereocenters. The van der Waals surface area contributed by atoms with Crippen molar-refractivity contribution in [3.05, 3.63) is 70.5 Å². The summed E-state index contributed by atoms with van der Waals surface area (Å²) in [6, 6.07) is 14.3. The van der Waals surface area contributed by atoms with Gasteiger partial charge in [0, 0.05) is 23.2 Å². The van der Waals surface area contributed by atoms with Crippen molar-refractivity contribution in [3.63, 3.8) is 0 Å². The number of amides is 1. The van der Waals surface area contributed by atoms with Gasteiger partial charge in [-0.15, -0.1) is 11.6 Å². The maximum Gasteiger partial charge on any atom is 0.404 e. The van der Waals surface area contributed by atoms with E-state index in [-0.39, 0.29) is 18.7 Å². The molecule has 7 nitrogen and oxygen atoms in total. The first-order chi connectivity index (χ1) is 16.7. The van der Waals surface area contributed by atoms with Crippen molar-refractivity contribution in [2.24, 2.45) is 0 Å². The van der Waals surface area contributed by atoms with Gasteiger partial charge in [-0.05, 0) is 41.7 Å². The number of carbonyl (C=O) groups is 1. The number of aromatic nitrogens is 2. The molecule has 35 heavy (non-hydrogen) atoms. The molecule has 0 atom stereocenters. The van der Waals surface area contributed by atoms with E-state index < -0.39 is 11.5 Å². The lowest BCUT2D eigenvalue weighted by molar-refractivity contribution is 0.163. The Hall–Kier alpha value is -3.21. The van der Waals surface area contributed by atoms with E-state index >= 15 is 0 Å². The molecule has 1 fully saturated rings. The van der Waals surface area contributed by atoms with Crippen LogP contribution in [0.15, 0.2) is 48.8 Å². The van der Waals surface area contributed by atoms with E-state index in [4.69, 9.17) is 33.0 Å². The Bertz CT molecular complexity index is 1260. The van der Waals surface area contributed by atoms with Crippen molar-refractivity contribution in [1.29, 1.82) is 5.26 Å². The Balaban J connectivity index is 1.51. The molecule has 0 saturated heterocycles. The van der Waals surface area contributed by atoms with Gasteiger partial charge in [0.1, 0.15) is 12.7 Å². The van der Waals surface area contributed by atoms with E-state index in [1.165, 1.54) is 0 Å². The van der Waals surface area contributed by atoms with E-state index in [2.05, 4.69) is 54.6 Å². The highest BCUT2D eigenvalue weighted by atomic mass is 35.5. The van der Waals surface area contributed by atoms with Crippen LogP contribution in [-0.2, 0) is 5.41 Å². The summed E-state index contributed by atoms with van der Waals surface area (Å²) in [5, 5.41) is 25.8. The van der Waals surface area contributed by atoms with Crippen LogP contribution in [0, 0.1) is 11.3 Å². The van der Waals surface area contributed by atoms with Gasteiger partial charge in [0.25, 0.3) is 0 Å². The number of benzene rings is 2. The summed E-state index contributed by atoms with van der Waals surface area (Å²) >= 11 is 12.2. The van der Waals surface area contributed by atoms with Crippen molar-refractivity contribution >= 4 is 29.3 Å². The van der Waals surface area contributed by atoms with E-state index in [1.807, 2.05) is 29.2 Å². The van der Waals surface area contributed by atoms with Gasteiger partial charge in [0.15, 0.2) is 5.75 Å². The van der Waals surface area contributed by atoms with E-state index in [9.17, 15) is 10.1 Å². The largest absolute Gasteiger partial charge is 0.489 e. The standard InChI is InChI=1S/C26H26Cl2N4O3/c1-26(2,20-9-17(13-29)24(23(28)10-20)35-8-7-27)19-5-3-16(4-6-19)18-14-30-32(15-18)22-11-21(12-22)31-25(33)34/h3-6,9-10,14-15,21-22,31H,7-8,11-12H2,1-2H3,(H,33,34). The van der Waals surface area contributed by atoms with E-state index in [0.717, 1.165) is 35.1 Å². The monoisotopic (exact) mass is 512 g/mol. The van der Waals surface area contributed by atoms with Crippen molar-refractivity contribution in [2.75, 3.05) is 12.5 Å². The highest BCUT2D eigenvalue weighted by Gasteiger charge is 2.32. The molecule has 4 rings (SSSR count). The summed E-state index contributed by atoms with van der Waals surface area (Å²) in [4.78, 5) is 10.8. The van der Waals surface area contributed by atoms with Gasteiger partial charge in [-0.1, -0.05) is 49.7 Å². The minimum Gasteiger partial charge on any atom is -0.489 e. The zero-order chi connectivity index (χ0) is 25.2. The van der Waals surface area contributed by atoms with Crippen LogP contribution in [0.4, 0.5) is 4.79 Å². The minimum atomic E-state index is -0.987. The van der Waals surface area contributed by atoms with Crippen LogP contribution in [0.5, 0.6) is 5.75 Å². The number of rotatable bonds is 8. The first-order valence-electron chi connectivity index (χ1n) is 11.3. The molecule has 1 aromatic heterocycles. The first-order valence-corrected chi connectivity index (χ1v) is 12.2. The summed E-state index contributed by atoms with van der Waals surface area (Å²) in [6.45, 7) is 4.45. The van der Waals surface area contributed by atoms with E-state index in [1.54, 1.807) is 0 Å². The molecule has 1 aliphatic carbocycles. The average Bonchev–Trinajstić information content (AvgIpc) is 3.29. The number of nitrogens with one attached hydrogen (secondary N) is 1. The topological polar surface area (TPSA) is 100 Å². The quantitative estimate of drug-likeness (QED) is 0.361. The van der Waals surface area contributed by atoms with Gasteiger partial charge in [-0.3, -0.25) is 4.68 Å². The number of hydrogen-bond acceptors (Lipinski definition) is 4. The number of halogens is 2. The molecule has 182 valence electrons. The fraction of sp³-hybridized carbons (Fsp3) is 0.346. The second-order valence-electron chi connectivity index (χ2n) is 9.17. The van der Waals surface area contributed by atoms with Gasteiger partial charge < -0.3 is 15.2 Å². The molecule has 1 heterocycles. The summed E-state index contributed by atoms with van der Waals surface area (Å²) in [5.41, 5.74) is 4.00. The van der Waals surface area contributed by atoms with Crippen molar-refractivity contribution < 1.29 is 14.6 Å². The highest BCUT2D eigenvalue weighted by molar-refractivity contribution is 6.32. The molecular formula is C26H26Cl2N4O3. The van der Waals surface area contributed by atoms with Crippen molar-refractivity contribution in [3.8, 4) is 22.9 Å². The first kappa shape index (κ1) is 24.9. The van der Waals surface area contributed by atoms with Crippen LogP contribution in [0.1, 0.15) is 49.4 Å². The number of alkyl halides is 1. The van der Waals surface area contributed by atoms with Gasteiger partial charge in [0.2, 0.25) is 0 Å². The third-order valence-electron chi connectivity index (χ3n) is 6.57. The number of ether oxygens (including phenoxy) is 1. The molecule has 0 spiro atoms. The predicted molar refractivity (Wildman–Crippen MR) is 135 cm³/mol. The van der Waals surface area contributed by atoms with Crippen LogP contribution in [0.25, 0.3) is 11.1 Å². The summed E-state index contributed by atoms with van der Waals surface area (Å²) in [6.07, 6.45) is 4.32. The molecule has 2 aromatic carbocycles. The van der Waals surface area contributed by atoms with Crippen molar-refractivity contribution in [1.82, 2.24) is 15.1 Å². The minimum absolute atomic E-state index is 0.0114. The van der Waals surface area contributed by atoms with Gasteiger partial charge >= 0.3 is 6.09 Å². The molecule has 1 saturated carbocycles. The van der Waals surface area contributed by atoms with Crippen LogP contribution < -0.4 is 10.1 Å². The van der Waals surface area contributed by atoms with E-state index in [0.29, 0.717) is 22.2 Å². The Labute approximate surface area is 214 Å². The molecular weight excluding hydrogens is 487 g/mol. The molecule has 1 amide bonds. The fourth-order valence-corrected chi connectivity index (χ4v) is 4.70. The molecule has 3 aromatic rings. The number of hydrogen-bond donors (Lipinski definition) is 2. The van der Waals surface area contributed by atoms with Crippen molar-refractivity contribution in [2.45, 2.75) is 44.2 Å². The van der Waals surface area contributed by atoms with Gasteiger partial charge in [0.05, 0.1) is 28.7 Å². The molecule has 0 radical (unpaired) electrons.